The smallest absolute Gasteiger partial charge is 0.306 e. The molecule has 2 fully saturated rings. The minimum atomic E-state index is -0.601. The molecule has 9 heteroatoms. The standard InChI is InChI=1S/C22H20ClFN4O3/c23-15-11-14(5-6-16(15)24)28-20(29)12-19(21(28)30)26-9-7-13(8-10-26)27-18-4-2-1-3-17(18)25-22(27)31/h1-6,11,13,19H,7-10,12H2,(H,25,31)/t19-/m1/s1. The summed E-state index contributed by atoms with van der Waals surface area (Å²) in [6, 6.07) is 10.9. The number of carbonyl (C=O) groups excluding carboxylic acids is 2. The number of H-pyrrole nitrogens is 1. The summed E-state index contributed by atoms with van der Waals surface area (Å²) in [7, 11) is 0. The molecule has 5 rings (SSSR count). The number of nitrogens with one attached hydrogen (secondary N) is 1. The lowest BCUT2D eigenvalue weighted by molar-refractivity contribution is -0.123. The number of aromatic nitrogens is 2. The van der Waals surface area contributed by atoms with Crippen molar-refractivity contribution >= 4 is 40.1 Å². The van der Waals surface area contributed by atoms with Crippen LogP contribution in [0.3, 0.4) is 0 Å². The highest BCUT2D eigenvalue weighted by Gasteiger charge is 2.43. The van der Waals surface area contributed by atoms with E-state index in [2.05, 4.69) is 4.98 Å². The predicted molar refractivity (Wildman–Crippen MR) is 115 cm³/mol. The molecule has 2 aliphatic rings. The Hall–Kier alpha value is -2.97. The van der Waals surface area contributed by atoms with Crippen LogP contribution in [0.2, 0.25) is 5.02 Å². The number of carbonyl (C=O) groups is 2. The molecule has 2 amide bonds. The largest absolute Gasteiger partial charge is 0.326 e. The Morgan fingerprint density at radius 3 is 2.52 bits per heavy atom. The number of aromatic amines is 1. The summed E-state index contributed by atoms with van der Waals surface area (Å²) in [5, 5.41) is -0.133. The molecule has 0 bridgehead atoms. The van der Waals surface area contributed by atoms with E-state index in [9.17, 15) is 18.8 Å². The van der Waals surface area contributed by atoms with Crippen LogP contribution in [0.1, 0.15) is 25.3 Å². The van der Waals surface area contributed by atoms with Gasteiger partial charge in [-0.3, -0.25) is 19.1 Å². The van der Waals surface area contributed by atoms with Crippen LogP contribution in [0, 0.1) is 5.82 Å². The van der Waals surface area contributed by atoms with Crippen LogP contribution in [-0.4, -0.2) is 45.4 Å². The van der Waals surface area contributed by atoms with Crippen molar-refractivity contribution in [1.29, 1.82) is 0 Å². The topological polar surface area (TPSA) is 78.4 Å². The maximum absolute atomic E-state index is 13.5. The molecular weight excluding hydrogens is 423 g/mol. The summed E-state index contributed by atoms with van der Waals surface area (Å²) >= 11 is 5.83. The molecule has 7 nitrogen and oxygen atoms in total. The SMILES string of the molecule is O=C1C[C@@H](N2CCC(n3c(=O)[nH]c4ccccc43)CC2)C(=O)N1c1ccc(F)c(Cl)c1. The molecule has 0 aliphatic carbocycles. The van der Waals surface area contributed by atoms with Gasteiger partial charge in [0.1, 0.15) is 5.82 Å². The zero-order chi connectivity index (χ0) is 21.7. The molecule has 1 N–H and O–H groups in total. The molecule has 1 aromatic heterocycles. The zero-order valence-corrected chi connectivity index (χ0v) is 17.3. The number of imidazole rings is 1. The van der Waals surface area contributed by atoms with E-state index in [1.165, 1.54) is 12.1 Å². The van der Waals surface area contributed by atoms with E-state index in [4.69, 9.17) is 11.6 Å². The quantitative estimate of drug-likeness (QED) is 0.632. The molecular formula is C22H20ClFN4O3. The molecule has 3 aromatic rings. The first-order valence-electron chi connectivity index (χ1n) is 10.2. The first kappa shape index (κ1) is 20.0. The Labute approximate surface area is 182 Å². The number of hydrogen-bond acceptors (Lipinski definition) is 4. The van der Waals surface area contributed by atoms with Gasteiger partial charge in [-0.1, -0.05) is 23.7 Å². The van der Waals surface area contributed by atoms with Crippen LogP contribution in [0.5, 0.6) is 0 Å². The minimum absolute atomic E-state index is 0.0270. The van der Waals surface area contributed by atoms with E-state index >= 15 is 0 Å². The van der Waals surface area contributed by atoms with Gasteiger partial charge < -0.3 is 4.98 Å². The number of amides is 2. The molecule has 0 spiro atoms. The Bertz CT molecular complexity index is 1250. The highest BCUT2D eigenvalue weighted by atomic mass is 35.5. The number of hydrogen-bond donors (Lipinski definition) is 1. The van der Waals surface area contributed by atoms with Gasteiger partial charge in [0, 0.05) is 19.1 Å². The number of fused-ring (bicyclic) bond motifs is 1. The van der Waals surface area contributed by atoms with E-state index in [1.807, 2.05) is 29.2 Å². The number of benzene rings is 2. The van der Waals surface area contributed by atoms with Crippen LogP contribution >= 0.6 is 11.6 Å². The second-order valence-electron chi connectivity index (χ2n) is 7.97. The Kier molecular flexibility index (Phi) is 4.91. The summed E-state index contributed by atoms with van der Waals surface area (Å²) in [4.78, 5) is 44.0. The van der Waals surface area contributed by atoms with E-state index in [0.29, 0.717) is 25.9 Å². The van der Waals surface area contributed by atoms with E-state index < -0.39 is 11.9 Å². The van der Waals surface area contributed by atoms with Crippen LogP contribution < -0.4 is 10.6 Å². The maximum atomic E-state index is 13.5. The molecule has 2 aliphatic heterocycles. The van der Waals surface area contributed by atoms with Crippen molar-refractivity contribution in [2.75, 3.05) is 18.0 Å². The van der Waals surface area contributed by atoms with Crippen LogP contribution in [0.25, 0.3) is 11.0 Å². The fourth-order valence-corrected chi connectivity index (χ4v) is 4.86. The average Bonchev–Trinajstić information content (AvgIpc) is 3.25. The van der Waals surface area contributed by atoms with Gasteiger partial charge in [-0.05, 0) is 43.2 Å². The monoisotopic (exact) mass is 442 g/mol. The molecule has 31 heavy (non-hydrogen) atoms. The highest BCUT2D eigenvalue weighted by Crippen LogP contribution is 2.32. The molecule has 2 saturated heterocycles. The zero-order valence-electron chi connectivity index (χ0n) is 16.6. The number of likely N-dealkylation sites (tertiary alicyclic amines) is 1. The van der Waals surface area contributed by atoms with Crippen molar-refractivity contribution in [1.82, 2.24) is 14.5 Å². The van der Waals surface area contributed by atoms with Gasteiger partial charge in [0.05, 0.1) is 34.2 Å². The van der Waals surface area contributed by atoms with Gasteiger partial charge in [-0.15, -0.1) is 0 Å². The van der Waals surface area contributed by atoms with Gasteiger partial charge in [-0.2, -0.15) is 0 Å². The summed E-state index contributed by atoms with van der Waals surface area (Å²) < 4.78 is 15.3. The molecule has 2 aromatic carbocycles. The van der Waals surface area contributed by atoms with Crippen molar-refractivity contribution in [2.45, 2.75) is 31.3 Å². The number of anilines is 1. The fraction of sp³-hybridized carbons (Fsp3) is 0.318. The van der Waals surface area contributed by atoms with E-state index in [-0.39, 0.29) is 40.7 Å². The first-order valence-corrected chi connectivity index (χ1v) is 10.6. The lowest BCUT2D eigenvalue weighted by Gasteiger charge is -2.35. The van der Waals surface area contributed by atoms with Crippen molar-refractivity contribution in [2.24, 2.45) is 0 Å². The Morgan fingerprint density at radius 2 is 1.77 bits per heavy atom. The van der Waals surface area contributed by atoms with Crippen LogP contribution in [0.4, 0.5) is 10.1 Å². The normalized spacial score (nSPS) is 20.8. The lowest BCUT2D eigenvalue weighted by Crippen LogP contribution is -2.46. The molecule has 0 radical (unpaired) electrons. The van der Waals surface area contributed by atoms with Crippen LogP contribution in [0.15, 0.2) is 47.3 Å². The summed E-state index contributed by atoms with van der Waals surface area (Å²) in [6.45, 7) is 1.19. The number of nitrogens with zero attached hydrogens (tertiary/aromatic N) is 3. The number of para-hydroxylation sites is 2. The van der Waals surface area contributed by atoms with Crippen molar-refractivity contribution in [3.63, 3.8) is 0 Å². The molecule has 1 atom stereocenters. The second-order valence-corrected chi connectivity index (χ2v) is 8.38. The van der Waals surface area contributed by atoms with Gasteiger partial charge in [0.15, 0.2) is 0 Å². The Balaban J connectivity index is 1.32. The third kappa shape index (κ3) is 3.36. The first-order chi connectivity index (χ1) is 14.9. The molecule has 0 saturated carbocycles. The van der Waals surface area contributed by atoms with Crippen LogP contribution in [-0.2, 0) is 9.59 Å². The third-order valence-electron chi connectivity index (χ3n) is 6.21. The van der Waals surface area contributed by atoms with Crippen molar-refractivity contribution < 1.29 is 14.0 Å². The summed E-state index contributed by atoms with van der Waals surface area (Å²) in [5.41, 5.74) is 1.83. The molecule has 160 valence electrons. The summed E-state index contributed by atoms with van der Waals surface area (Å²) in [5.74, 6) is -1.25. The highest BCUT2D eigenvalue weighted by molar-refractivity contribution is 6.31. The minimum Gasteiger partial charge on any atom is -0.306 e. The maximum Gasteiger partial charge on any atom is 0.326 e. The van der Waals surface area contributed by atoms with E-state index in [1.54, 1.807) is 4.57 Å². The van der Waals surface area contributed by atoms with Gasteiger partial charge in [0.25, 0.3) is 5.91 Å². The number of rotatable bonds is 3. The van der Waals surface area contributed by atoms with Gasteiger partial charge >= 0.3 is 5.69 Å². The molecule has 3 heterocycles. The van der Waals surface area contributed by atoms with Gasteiger partial charge in [0.2, 0.25) is 5.91 Å². The summed E-state index contributed by atoms with van der Waals surface area (Å²) in [6.07, 6.45) is 1.47. The lowest BCUT2D eigenvalue weighted by atomic mass is 10.0. The van der Waals surface area contributed by atoms with Gasteiger partial charge in [-0.25, -0.2) is 14.1 Å². The number of halogens is 2. The van der Waals surface area contributed by atoms with Crippen molar-refractivity contribution in [3.8, 4) is 0 Å². The molecule has 0 unspecified atom stereocenters. The van der Waals surface area contributed by atoms with E-state index in [0.717, 1.165) is 22.0 Å². The Morgan fingerprint density at radius 1 is 1.03 bits per heavy atom. The third-order valence-corrected chi connectivity index (χ3v) is 6.50. The van der Waals surface area contributed by atoms with Crippen molar-refractivity contribution in [3.05, 3.63) is 63.8 Å². The average molecular weight is 443 g/mol. The predicted octanol–water partition coefficient (Wildman–Crippen LogP) is 3.09. The second kappa shape index (κ2) is 7.62. The fourth-order valence-electron chi connectivity index (χ4n) is 4.69. The number of piperidine rings is 1. The number of imide groups is 1.